The zero-order valence-corrected chi connectivity index (χ0v) is 19.9. The van der Waals surface area contributed by atoms with Gasteiger partial charge in [0.1, 0.15) is 17.1 Å². The number of likely N-dealkylation sites (N-methyl/N-ethyl adjacent to an activating group) is 1. The van der Waals surface area contributed by atoms with E-state index in [0.717, 1.165) is 5.56 Å². The highest BCUT2D eigenvalue weighted by Crippen LogP contribution is 2.40. The summed E-state index contributed by atoms with van der Waals surface area (Å²) in [6, 6.07) is 9.05. The Labute approximate surface area is 190 Å². The molecule has 32 heavy (non-hydrogen) atoms. The first-order valence-electron chi connectivity index (χ1n) is 10.5. The lowest BCUT2D eigenvalue weighted by Crippen LogP contribution is -2.37. The van der Waals surface area contributed by atoms with Gasteiger partial charge in [0.25, 0.3) is 5.91 Å². The van der Waals surface area contributed by atoms with Crippen LogP contribution in [0.2, 0.25) is 0 Å². The molecule has 7 nitrogen and oxygen atoms in total. The van der Waals surface area contributed by atoms with Crippen LogP contribution in [0.5, 0.6) is 23.0 Å². The highest BCUT2D eigenvalue weighted by atomic mass is 16.5. The van der Waals surface area contributed by atoms with Crippen LogP contribution in [0.1, 0.15) is 29.8 Å². The number of benzene rings is 2. The molecular weight excluding hydrogens is 408 g/mol. The lowest BCUT2D eigenvalue weighted by Gasteiger charge is -2.30. The maximum Gasteiger partial charge on any atom is 0.262 e. The van der Waals surface area contributed by atoms with Gasteiger partial charge in [-0.15, -0.1) is 0 Å². The van der Waals surface area contributed by atoms with E-state index in [9.17, 15) is 4.79 Å². The maximum absolute atomic E-state index is 13.8. The number of hydrogen-bond donors (Lipinski definition) is 0. The quantitative estimate of drug-likeness (QED) is 0.616. The molecule has 1 aliphatic rings. The van der Waals surface area contributed by atoms with Gasteiger partial charge < -0.3 is 28.7 Å². The van der Waals surface area contributed by atoms with Crippen LogP contribution in [0.3, 0.4) is 0 Å². The topological polar surface area (TPSA) is 60.5 Å². The lowest BCUT2D eigenvalue weighted by molar-refractivity contribution is 0.0982. The van der Waals surface area contributed by atoms with Gasteiger partial charge >= 0.3 is 0 Å². The number of amides is 1. The van der Waals surface area contributed by atoms with E-state index in [2.05, 4.69) is 0 Å². The average Bonchev–Trinajstić information content (AvgIpc) is 2.77. The minimum atomic E-state index is -0.416. The molecule has 0 atom stereocenters. The third kappa shape index (κ3) is 4.83. The minimum Gasteiger partial charge on any atom is -0.495 e. The summed E-state index contributed by atoms with van der Waals surface area (Å²) in [7, 11) is 8.68. The van der Waals surface area contributed by atoms with Crippen molar-refractivity contribution in [1.29, 1.82) is 0 Å². The Morgan fingerprint density at radius 3 is 2.31 bits per heavy atom. The second-order valence-electron chi connectivity index (χ2n) is 8.40. The predicted octanol–water partition coefficient (Wildman–Crippen LogP) is 4.11. The number of carbonyl (C=O) groups excluding carboxylic acids is 1. The van der Waals surface area contributed by atoms with E-state index in [4.69, 9.17) is 18.9 Å². The predicted molar refractivity (Wildman–Crippen MR) is 127 cm³/mol. The molecular formula is C25H32N2O5. The van der Waals surface area contributed by atoms with Crippen molar-refractivity contribution < 1.29 is 23.7 Å². The van der Waals surface area contributed by atoms with Gasteiger partial charge in [0.15, 0.2) is 11.5 Å². The molecule has 7 heteroatoms. The third-order valence-corrected chi connectivity index (χ3v) is 5.31. The Bertz CT molecular complexity index is 1010. The van der Waals surface area contributed by atoms with Gasteiger partial charge in [0.05, 0.1) is 32.5 Å². The Balaban J connectivity index is 2.06. The molecule has 1 aliphatic heterocycles. The van der Waals surface area contributed by atoms with Crippen LogP contribution in [0, 0.1) is 0 Å². The number of fused-ring (bicyclic) bond motifs is 1. The van der Waals surface area contributed by atoms with Crippen molar-refractivity contribution in [2.24, 2.45) is 0 Å². The van der Waals surface area contributed by atoms with Crippen LogP contribution in [-0.4, -0.2) is 64.9 Å². The molecule has 0 N–H and O–H groups in total. The second-order valence-corrected chi connectivity index (χ2v) is 8.40. The monoisotopic (exact) mass is 440 g/mol. The second kappa shape index (κ2) is 9.53. The fourth-order valence-corrected chi connectivity index (χ4v) is 3.60. The molecule has 1 heterocycles. The molecule has 0 bridgehead atoms. The molecule has 2 aromatic carbocycles. The van der Waals surface area contributed by atoms with Crippen LogP contribution >= 0.6 is 0 Å². The fraction of sp³-hybridized carbons (Fsp3) is 0.400. The summed E-state index contributed by atoms with van der Waals surface area (Å²) in [5.41, 5.74) is 1.52. The number of anilines is 1. The van der Waals surface area contributed by atoms with Crippen LogP contribution in [0.25, 0.3) is 6.08 Å². The fourth-order valence-electron chi connectivity index (χ4n) is 3.60. The van der Waals surface area contributed by atoms with Crippen LogP contribution < -0.4 is 23.8 Å². The van der Waals surface area contributed by atoms with Gasteiger partial charge in [-0.25, -0.2) is 0 Å². The standard InChI is InChI=1S/C25H32N2O5/c1-25(2)13-12-18-20(32-25)11-9-19(23(18)31-7)24(28)27(15-14-26(3)4)17-8-10-21(29-5)22(16-17)30-6/h8-13,16H,14-15H2,1-7H3. The minimum absolute atomic E-state index is 0.169. The number of hydrogen-bond acceptors (Lipinski definition) is 6. The summed E-state index contributed by atoms with van der Waals surface area (Å²) in [6.07, 6.45) is 3.92. The summed E-state index contributed by atoms with van der Waals surface area (Å²) in [5, 5.41) is 0. The highest BCUT2D eigenvalue weighted by Gasteiger charge is 2.29. The van der Waals surface area contributed by atoms with Crippen molar-refractivity contribution >= 4 is 17.7 Å². The molecule has 0 aromatic heterocycles. The zero-order chi connectivity index (χ0) is 23.5. The van der Waals surface area contributed by atoms with E-state index >= 15 is 0 Å². The Morgan fingerprint density at radius 1 is 0.969 bits per heavy atom. The molecule has 0 aliphatic carbocycles. The Morgan fingerprint density at radius 2 is 1.69 bits per heavy atom. The van der Waals surface area contributed by atoms with Crippen LogP contribution in [-0.2, 0) is 0 Å². The first-order chi connectivity index (χ1) is 15.2. The van der Waals surface area contributed by atoms with Crippen LogP contribution in [0.15, 0.2) is 36.4 Å². The molecule has 0 spiro atoms. The lowest BCUT2D eigenvalue weighted by atomic mass is 9.99. The van der Waals surface area contributed by atoms with Gasteiger partial charge in [0.2, 0.25) is 0 Å². The van der Waals surface area contributed by atoms with E-state index in [1.165, 1.54) is 0 Å². The van der Waals surface area contributed by atoms with Gasteiger partial charge in [-0.3, -0.25) is 4.79 Å². The molecule has 0 radical (unpaired) electrons. The SMILES string of the molecule is COc1ccc(N(CCN(C)C)C(=O)c2ccc3c(c2OC)C=CC(C)(C)O3)cc1OC. The van der Waals surface area contributed by atoms with E-state index in [1.54, 1.807) is 38.4 Å². The van der Waals surface area contributed by atoms with Crippen molar-refractivity contribution in [3.05, 3.63) is 47.5 Å². The zero-order valence-electron chi connectivity index (χ0n) is 19.9. The number of ether oxygens (including phenoxy) is 4. The van der Waals surface area contributed by atoms with E-state index in [1.807, 2.05) is 63.2 Å². The van der Waals surface area contributed by atoms with E-state index < -0.39 is 5.60 Å². The van der Waals surface area contributed by atoms with Crippen molar-refractivity contribution in [2.45, 2.75) is 19.4 Å². The molecule has 3 rings (SSSR count). The van der Waals surface area contributed by atoms with Crippen molar-refractivity contribution in [2.75, 3.05) is 53.4 Å². The number of rotatable bonds is 8. The summed E-state index contributed by atoms with van der Waals surface area (Å²) >= 11 is 0. The maximum atomic E-state index is 13.8. The molecule has 0 unspecified atom stereocenters. The van der Waals surface area contributed by atoms with Gasteiger partial charge in [-0.05, 0) is 64.4 Å². The summed E-state index contributed by atoms with van der Waals surface area (Å²) in [5.74, 6) is 2.18. The summed E-state index contributed by atoms with van der Waals surface area (Å²) < 4.78 is 22.5. The number of carbonyl (C=O) groups is 1. The molecule has 0 fully saturated rings. The van der Waals surface area contributed by atoms with Crippen molar-refractivity contribution in [1.82, 2.24) is 4.90 Å². The third-order valence-electron chi connectivity index (χ3n) is 5.31. The van der Waals surface area contributed by atoms with Gasteiger partial charge in [-0.2, -0.15) is 0 Å². The van der Waals surface area contributed by atoms with Crippen molar-refractivity contribution in [3.8, 4) is 23.0 Å². The average molecular weight is 441 g/mol. The normalized spacial score (nSPS) is 13.9. The van der Waals surface area contributed by atoms with Crippen molar-refractivity contribution in [3.63, 3.8) is 0 Å². The Kier molecular flexibility index (Phi) is 6.99. The summed E-state index contributed by atoms with van der Waals surface area (Å²) in [6.45, 7) is 5.14. The first-order valence-corrected chi connectivity index (χ1v) is 10.5. The first kappa shape index (κ1) is 23.5. The molecule has 2 aromatic rings. The summed E-state index contributed by atoms with van der Waals surface area (Å²) in [4.78, 5) is 17.6. The Hall–Kier alpha value is -3.19. The molecule has 0 saturated carbocycles. The van der Waals surface area contributed by atoms with E-state index in [-0.39, 0.29) is 5.91 Å². The molecule has 172 valence electrons. The molecule has 1 amide bonds. The number of nitrogens with zero attached hydrogens (tertiary/aromatic N) is 2. The van der Waals surface area contributed by atoms with E-state index in [0.29, 0.717) is 47.3 Å². The largest absolute Gasteiger partial charge is 0.495 e. The number of methoxy groups -OCH3 is 3. The van der Waals surface area contributed by atoms with Crippen LogP contribution in [0.4, 0.5) is 5.69 Å². The smallest absolute Gasteiger partial charge is 0.262 e. The molecule has 0 saturated heterocycles. The van der Waals surface area contributed by atoms with Gasteiger partial charge in [0, 0.05) is 24.8 Å². The van der Waals surface area contributed by atoms with Gasteiger partial charge in [-0.1, -0.05) is 0 Å². The highest BCUT2D eigenvalue weighted by molar-refractivity contribution is 6.09.